The van der Waals surface area contributed by atoms with Gasteiger partial charge in [0.25, 0.3) is 0 Å². The summed E-state index contributed by atoms with van der Waals surface area (Å²) in [5, 5.41) is 11.9. The summed E-state index contributed by atoms with van der Waals surface area (Å²) in [6.07, 6.45) is 0. The lowest BCUT2D eigenvalue weighted by Crippen LogP contribution is -2.03. The van der Waals surface area contributed by atoms with Crippen LogP contribution in [0.4, 0.5) is 5.82 Å². The third-order valence-corrected chi connectivity index (χ3v) is 3.26. The molecule has 0 saturated heterocycles. The molecule has 2 heterocycles. The maximum atomic E-state index is 8.79. The van der Waals surface area contributed by atoms with Crippen LogP contribution >= 0.6 is 22.9 Å². The van der Waals surface area contributed by atoms with Gasteiger partial charge < -0.3 is 5.32 Å². The van der Waals surface area contributed by atoms with Crippen LogP contribution in [0.15, 0.2) is 18.2 Å². The zero-order valence-corrected chi connectivity index (χ0v) is 10.6. The van der Waals surface area contributed by atoms with Gasteiger partial charge in [-0.1, -0.05) is 11.6 Å². The van der Waals surface area contributed by atoms with Crippen molar-refractivity contribution in [2.24, 2.45) is 0 Å². The molecule has 0 bridgehead atoms. The summed E-state index contributed by atoms with van der Waals surface area (Å²) in [5.41, 5.74) is 0.365. The molecule has 2 aromatic rings. The van der Waals surface area contributed by atoms with Gasteiger partial charge in [0.1, 0.15) is 23.4 Å². The summed E-state index contributed by atoms with van der Waals surface area (Å²) in [6.45, 7) is 2.40. The van der Waals surface area contributed by atoms with E-state index in [9.17, 15) is 0 Å². The number of nitrogens with one attached hydrogen (secondary N) is 1. The molecule has 0 atom stereocenters. The molecule has 1 N–H and O–H groups in total. The summed E-state index contributed by atoms with van der Waals surface area (Å²) >= 11 is 7.35. The van der Waals surface area contributed by atoms with Gasteiger partial charge >= 0.3 is 0 Å². The van der Waals surface area contributed by atoms with Gasteiger partial charge in [-0.05, 0) is 19.1 Å². The van der Waals surface area contributed by atoms with E-state index >= 15 is 0 Å². The first-order valence-electron chi connectivity index (χ1n) is 4.91. The molecule has 0 fully saturated rings. The number of aromatic nitrogens is 2. The molecule has 0 aliphatic rings. The van der Waals surface area contributed by atoms with Crippen LogP contribution in [-0.4, -0.2) is 9.97 Å². The fraction of sp³-hybridized carbons (Fsp3) is 0.182. The largest absolute Gasteiger partial charge is 0.365 e. The highest BCUT2D eigenvalue weighted by Crippen LogP contribution is 2.22. The van der Waals surface area contributed by atoms with Crippen LogP contribution in [-0.2, 0) is 6.54 Å². The fourth-order valence-electron chi connectivity index (χ4n) is 1.34. The predicted octanol–water partition coefficient (Wildman–Crippen LogP) is 2.98. The molecule has 0 aliphatic heterocycles. The summed E-state index contributed by atoms with van der Waals surface area (Å²) < 4.78 is 0.762. The Labute approximate surface area is 108 Å². The fourth-order valence-corrected chi connectivity index (χ4v) is 2.37. The van der Waals surface area contributed by atoms with Crippen LogP contribution < -0.4 is 5.32 Å². The molecule has 86 valence electrons. The SMILES string of the molecule is Cc1nc(C#N)cc(NCc2ccc(Cl)s2)n1. The maximum Gasteiger partial charge on any atom is 0.146 e. The van der Waals surface area contributed by atoms with Crippen molar-refractivity contribution < 1.29 is 0 Å². The minimum absolute atomic E-state index is 0.365. The van der Waals surface area contributed by atoms with E-state index in [1.165, 1.54) is 11.3 Å². The number of thiophene rings is 1. The van der Waals surface area contributed by atoms with Crippen LogP contribution in [0.3, 0.4) is 0 Å². The van der Waals surface area contributed by atoms with Gasteiger partial charge in [-0.25, -0.2) is 9.97 Å². The normalized spacial score (nSPS) is 9.94. The van der Waals surface area contributed by atoms with Gasteiger partial charge in [-0.15, -0.1) is 11.3 Å². The summed E-state index contributed by atoms with van der Waals surface area (Å²) in [5.74, 6) is 1.23. The van der Waals surface area contributed by atoms with E-state index in [0.717, 1.165) is 9.21 Å². The molecular formula is C11H9ClN4S. The van der Waals surface area contributed by atoms with Gasteiger partial charge in [0.2, 0.25) is 0 Å². The Kier molecular flexibility index (Phi) is 3.57. The van der Waals surface area contributed by atoms with Crippen LogP contribution in [0.5, 0.6) is 0 Å². The number of halogens is 1. The topological polar surface area (TPSA) is 61.6 Å². The molecule has 0 saturated carbocycles. The van der Waals surface area contributed by atoms with E-state index < -0.39 is 0 Å². The van der Waals surface area contributed by atoms with Crippen LogP contribution in [0.1, 0.15) is 16.4 Å². The molecular weight excluding hydrogens is 256 g/mol. The second-order valence-corrected chi connectivity index (χ2v) is 5.16. The Hall–Kier alpha value is -1.64. The number of hydrogen-bond donors (Lipinski definition) is 1. The molecule has 17 heavy (non-hydrogen) atoms. The van der Waals surface area contributed by atoms with Crippen molar-refractivity contribution in [1.29, 1.82) is 5.26 Å². The molecule has 4 nitrogen and oxygen atoms in total. The Bertz CT molecular complexity index is 573. The summed E-state index contributed by atoms with van der Waals surface area (Å²) in [4.78, 5) is 9.30. The molecule has 0 radical (unpaired) electrons. The summed E-state index contributed by atoms with van der Waals surface area (Å²) in [7, 11) is 0. The third kappa shape index (κ3) is 3.16. The predicted molar refractivity (Wildman–Crippen MR) is 68.1 cm³/mol. The number of hydrogen-bond acceptors (Lipinski definition) is 5. The quantitative estimate of drug-likeness (QED) is 0.926. The zero-order chi connectivity index (χ0) is 12.3. The Balaban J connectivity index is 2.09. The van der Waals surface area contributed by atoms with Gasteiger partial charge in [0.15, 0.2) is 0 Å². The molecule has 6 heteroatoms. The minimum Gasteiger partial charge on any atom is -0.365 e. The van der Waals surface area contributed by atoms with E-state index in [0.29, 0.717) is 23.9 Å². The standard InChI is InChI=1S/C11H9ClN4S/c1-7-15-8(5-13)4-11(16-7)14-6-9-2-3-10(12)17-9/h2-4H,6H2,1H3,(H,14,15,16). The first-order valence-corrected chi connectivity index (χ1v) is 6.10. The van der Waals surface area contributed by atoms with Crippen molar-refractivity contribution in [3.8, 4) is 6.07 Å². The average molecular weight is 265 g/mol. The van der Waals surface area contributed by atoms with Gasteiger partial charge in [-0.3, -0.25) is 0 Å². The lowest BCUT2D eigenvalue weighted by molar-refractivity contribution is 1.02. The average Bonchev–Trinajstić information content (AvgIpc) is 2.72. The van der Waals surface area contributed by atoms with Crippen molar-refractivity contribution in [1.82, 2.24) is 9.97 Å². The Morgan fingerprint density at radius 2 is 2.29 bits per heavy atom. The molecule has 0 amide bonds. The monoisotopic (exact) mass is 264 g/mol. The highest BCUT2D eigenvalue weighted by molar-refractivity contribution is 7.16. The number of rotatable bonds is 3. The van der Waals surface area contributed by atoms with E-state index in [1.54, 1.807) is 13.0 Å². The number of aryl methyl sites for hydroxylation is 1. The molecule has 0 aliphatic carbocycles. The van der Waals surface area contributed by atoms with Crippen molar-refractivity contribution in [2.45, 2.75) is 13.5 Å². The molecule has 0 aromatic carbocycles. The lowest BCUT2D eigenvalue weighted by atomic mass is 10.4. The highest BCUT2D eigenvalue weighted by Gasteiger charge is 2.02. The van der Waals surface area contributed by atoms with Crippen molar-refractivity contribution in [2.75, 3.05) is 5.32 Å². The van der Waals surface area contributed by atoms with Crippen LogP contribution in [0.25, 0.3) is 0 Å². The third-order valence-electron chi connectivity index (χ3n) is 2.03. The van der Waals surface area contributed by atoms with Crippen molar-refractivity contribution >= 4 is 28.8 Å². The highest BCUT2D eigenvalue weighted by atomic mass is 35.5. The second-order valence-electron chi connectivity index (χ2n) is 3.36. The number of anilines is 1. The Morgan fingerprint density at radius 1 is 1.47 bits per heavy atom. The second kappa shape index (κ2) is 5.13. The molecule has 2 rings (SSSR count). The molecule has 0 spiro atoms. The van der Waals surface area contributed by atoms with Gasteiger partial charge in [0, 0.05) is 10.9 Å². The van der Waals surface area contributed by atoms with Crippen molar-refractivity contribution in [3.05, 3.63) is 38.9 Å². The van der Waals surface area contributed by atoms with Crippen molar-refractivity contribution in [3.63, 3.8) is 0 Å². The molecule has 0 unspecified atom stereocenters. The van der Waals surface area contributed by atoms with Gasteiger partial charge in [-0.2, -0.15) is 5.26 Å². The van der Waals surface area contributed by atoms with Crippen LogP contribution in [0.2, 0.25) is 4.34 Å². The first kappa shape index (κ1) is 11.8. The number of nitrogens with zero attached hydrogens (tertiary/aromatic N) is 3. The van der Waals surface area contributed by atoms with Gasteiger partial charge in [0.05, 0.1) is 10.9 Å². The van der Waals surface area contributed by atoms with E-state index in [-0.39, 0.29) is 0 Å². The Morgan fingerprint density at radius 3 is 2.94 bits per heavy atom. The first-order chi connectivity index (χ1) is 8.17. The van der Waals surface area contributed by atoms with E-state index in [4.69, 9.17) is 16.9 Å². The minimum atomic E-state index is 0.365. The number of nitriles is 1. The van der Waals surface area contributed by atoms with E-state index in [1.807, 2.05) is 18.2 Å². The van der Waals surface area contributed by atoms with E-state index in [2.05, 4.69) is 15.3 Å². The zero-order valence-electron chi connectivity index (χ0n) is 9.07. The smallest absolute Gasteiger partial charge is 0.146 e. The maximum absolute atomic E-state index is 8.79. The lowest BCUT2D eigenvalue weighted by Gasteiger charge is -2.04. The molecule has 2 aromatic heterocycles. The summed E-state index contributed by atoms with van der Waals surface area (Å²) in [6, 6.07) is 7.44. The van der Waals surface area contributed by atoms with Crippen LogP contribution in [0, 0.1) is 18.3 Å².